The summed E-state index contributed by atoms with van der Waals surface area (Å²) in [6.45, 7) is 7.57. The van der Waals surface area contributed by atoms with Crippen LogP contribution < -0.4 is 5.73 Å². The van der Waals surface area contributed by atoms with Crippen molar-refractivity contribution >= 4 is 0 Å². The largest absolute Gasteiger partial charge is 0.382 e. The van der Waals surface area contributed by atoms with Crippen molar-refractivity contribution in [1.29, 1.82) is 0 Å². The van der Waals surface area contributed by atoms with E-state index in [0.717, 1.165) is 0 Å². The lowest BCUT2D eigenvalue weighted by atomic mass is 9.95. The molecule has 0 amide bonds. The molecule has 4 atom stereocenters. The molecule has 0 spiro atoms. The standard InChI is InChI=1S/C11H23NO3/c1-7(2)8(3)10-11(15-10)14-9(5-12)6-13-4/h7-11H,5-6,12H2,1-4H3. The zero-order valence-corrected chi connectivity index (χ0v) is 10.1. The predicted molar refractivity (Wildman–Crippen MR) is 58.5 cm³/mol. The second kappa shape index (κ2) is 5.80. The van der Waals surface area contributed by atoms with Crippen molar-refractivity contribution in [3.05, 3.63) is 0 Å². The molecular weight excluding hydrogens is 194 g/mol. The van der Waals surface area contributed by atoms with Gasteiger partial charge in [0.1, 0.15) is 6.10 Å². The summed E-state index contributed by atoms with van der Waals surface area (Å²) in [4.78, 5) is 0. The van der Waals surface area contributed by atoms with Crippen LogP contribution in [0.1, 0.15) is 20.8 Å². The maximum atomic E-state index is 5.66. The van der Waals surface area contributed by atoms with Crippen molar-refractivity contribution in [2.75, 3.05) is 20.3 Å². The first-order valence-corrected chi connectivity index (χ1v) is 5.60. The molecule has 0 aromatic rings. The van der Waals surface area contributed by atoms with Crippen LogP contribution in [0, 0.1) is 11.8 Å². The van der Waals surface area contributed by atoms with Gasteiger partial charge in [-0.1, -0.05) is 20.8 Å². The Morgan fingerprint density at radius 1 is 1.33 bits per heavy atom. The maximum Gasteiger partial charge on any atom is 0.185 e. The molecule has 0 bridgehead atoms. The van der Waals surface area contributed by atoms with Crippen LogP contribution in [0.15, 0.2) is 0 Å². The van der Waals surface area contributed by atoms with Crippen LogP contribution in [-0.4, -0.2) is 38.8 Å². The molecule has 1 heterocycles. The van der Waals surface area contributed by atoms with Crippen molar-refractivity contribution < 1.29 is 14.2 Å². The fraction of sp³-hybridized carbons (Fsp3) is 1.00. The molecule has 15 heavy (non-hydrogen) atoms. The summed E-state index contributed by atoms with van der Waals surface area (Å²) in [5.74, 6) is 1.14. The minimum absolute atomic E-state index is 0.0515. The van der Waals surface area contributed by atoms with Gasteiger partial charge in [-0.25, -0.2) is 0 Å². The third-order valence-corrected chi connectivity index (χ3v) is 2.99. The van der Waals surface area contributed by atoms with E-state index in [-0.39, 0.29) is 18.5 Å². The first kappa shape index (κ1) is 12.9. The highest BCUT2D eigenvalue weighted by molar-refractivity contribution is 4.84. The summed E-state index contributed by atoms with van der Waals surface area (Å²) in [6.07, 6.45) is 0.103. The third-order valence-electron chi connectivity index (χ3n) is 2.99. The third kappa shape index (κ3) is 3.72. The zero-order chi connectivity index (χ0) is 11.4. The lowest BCUT2D eigenvalue weighted by molar-refractivity contribution is -0.0417. The van der Waals surface area contributed by atoms with Gasteiger partial charge >= 0.3 is 0 Å². The number of methoxy groups -OCH3 is 1. The number of hydrogen-bond donors (Lipinski definition) is 1. The van der Waals surface area contributed by atoms with Gasteiger partial charge in [-0.15, -0.1) is 0 Å². The van der Waals surface area contributed by atoms with Gasteiger partial charge < -0.3 is 19.9 Å². The Morgan fingerprint density at radius 2 is 2.00 bits per heavy atom. The number of epoxide rings is 1. The van der Waals surface area contributed by atoms with E-state index in [2.05, 4.69) is 20.8 Å². The van der Waals surface area contributed by atoms with Gasteiger partial charge in [0, 0.05) is 13.7 Å². The average molecular weight is 217 g/mol. The molecule has 0 aromatic carbocycles. The van der Waals surface area contributed by atoms with E-state index < -0.39 is 0 Å². The number of rotatable bonds is 7. The smallest absolute Gasteiger partial charge is 0.185 e. The Hall–Kier alpha value is -0.160. The Balaban J connectivity index is 2.25. The Bertz CT molecular complexity index is 187. The fourth-order valence-electron chi connectivity index (χ4n) is 1.51. The minimum atomic E-state index is -0.0777. The molecule has 4 nitrogen and oxygen atoms in total. The minimum Gasteiger partial charge on any atom is -0.382 e. The molecule has 1 fully saturated rings. The Morgan fingerprint density at radius 3 is 2.47 bits per heavy atom. The Labute approximate surface area is 92.1 Å². The van der Waals surface area contributed by atoms with Crippen molar-refractivity contribution in [1.82, 2.24) is 0 Å². The Kier molecular flexibility index (Phi) is 4.99. The number of hydrogen-bond acceptors (Lipinski definition) is 4. The highest BCUT2D eigenvalue weighted by Crippen LogP contribution is 2.34. The zero-order valence-electron chi connectivity index (χ0n) is 10.1. The van der Waals surface area contributed by atoms with Crippen molar-refractivity contribution in [3.8, 4) is 0 Å². The summed E-state index contributed by atoms with van der Waals surface area (Å²) >= 11 is 0. The molecule has 0 saturated carbocycles. The first-order valence-electron chi connectivity index (χ1n) is 5.60. The summed E-state index contributed by atoms with van der Waals surface area (Å²) in [5, 5.41) is 0. The lowest BCUT2D eigenvalue weighted by Crippen LogP contribution is -2.30. The van der Waals surface area contributed by atoms with Crippen molar-refractivity contribution in [3.63, 3.8) is 0 Å². The van der Waals surface area contributed by atoms with Crippen LogP contribution in [0.3, 0.4) is 0 Å². The summed E-state index contributed by atoms with van der Waals surface area (Å²) in [6, 6.07) is 0. The van der Waals surface area contributed by atoms with Gasteiger partial charge in [0.2, 0.25) is 0 Å². The van der Waals surface area contributed by atoms with Gasteiger partial charge in [-0.2, -0.15) is 0 Å². The molecule has 4 heteroatoms. The van der Waals surface area contributed by atoms with E-state index in [1.165, 1.54) is 0 Å². The fourth-order valence-corrected chi connectivity index (χ4v) is 1.51. The molecule has 4 unspecified atom stereocenters. The van der Waals surface area contributed by atoms with Gasteiger partial charge in [0.15, 0.2) is 6.29 Å². The quantitative estimate of drug-likeness (QED) is 0.646. The lowest BCUT2D eigenvalue weighted by Gasteiger charge is -2.15. The van der Waals surface area contributed by atoms with Gasteiger partial charge in [0.05, 0.1) is 12.7 Å². The molecule has 1 rings (SSSR count). The molecule has 1 aliphatic rings. The molecule has 0 radical (unpaired) electrons. The molecule has 1 aliphatic heterocycles. The summed E-state index contributed by atoms with van der Waals surface area (Å²) in [7, 11) is 1.65. The first-order chi connectivity index (χ1) is 7.10. The van der Waals surface area contributed by atoms with E-state index in [0.29, 0.717) is 25.0 Å². The van der Waals surface area contributed by atoms with Crippen LogP contribution in [-0.2, 0) is 14.2 Å². The molecular formula is C11H23NO3. The van der Waals surface area contributed by atoms with E-state index in [9.17, 15) is 0 Å². The number of nitrogens with two attached hydrogens (primary N) is 1. The van der Waals surface area contributed by atoms with Gasteiger partial charge in [-0.3, -0.25) is 0 Å². The van der Waals surface area contributed by atoms with E-state index >= 15 is 0 Å². The predicted octanol–water partition coefficient (Wildman–Crippen LogP) is 0.994. The van der Waals surface area contributed by atoms with Crippen molar-refractivity contribution in [2.24, 2.45) is 17.6 Å². The highest BCUT2D eigenvalue weighted by atomic mass is 16.8. The second-order valence-electron chi connectivity index (χ2n) is 4.52. The SMILES string of the molecule is COCC(CN)OC1OC1C(C)C(C)C. The van der Waals surface area contributed by atoms with E-state index in [4.69, 9.17) is 19.9 Å². The van der Waals surface area contributed by atoms with Gasteiger partial charge in [-0.05, 0) is 11.8 Å². The maximum absolute atomic E-state index is 5.66. The van der Waals surface area contributed by atoms with Crippen LogP contribution in [0.4, 0.5) is 0 Å². The molecule has 1 saturated heterocycles. The second-order valence-corrected chi connectivity index (χ2v) is 4.52. The summed E-state index contributed by atoms with van der Waals surface area (Å²) < 4.78 is 16.2. The molecule has 0 aromatic heterocycles. The van der Waals surface area contributed by atoms with Crippen LogP contribution in [0.5, 0.6) is 0 Å². The highest BCUT2D eigenvalue weighted by Gasteiger charge is 2.46. The molecule has 2 N–H and O–H groups in total. The van der Waals surface area contributed by atoms with Crippen LogP contribution >= 0.6 is 0 Å². The van der Waals surface area contributed by atoms with E-state index in [1.54, 1.807) is 7.11 Å². The van der Waals surface area contributed by atoms with Crippen LogP contribution in [0.25, 0.3) is 0 Å². The number of ether oxygens (including phenoxy) is 3. The van der Waals surface area contributed by atoms with Crippen molar-refractivity contribution in [2.45, 2.75) is 39.3 Å². The normalized spacial score (nSPS) is 29.2. The van der Waals surface area contributed by atoms with Crippen LogP contribution in [0.2, 0.25) is 0 Å². The molecule has 90 valence electrons. The summed E-state index contributed by atoms with van der Waals surface area (Å²) in [5.41, 5.74) is 5.56. The van der Waals surface area contributed by atoms with E-state index in [1.807, 2.05) is 0 Å². The molecule has 0 aliphatic carbocycles. The van der Waals surface area contributed by atoms with Gasteiger partial charge in [0.25, 0.3) is 0 Å². The topological polar surface area (TPSA) is 57.0 Å². The monoisotopic (exact) mass is 217 g/mol. The average Bonchev–Trinajstić information content (AvgIpc) is 2.95.